The first kappa shape index (κ1) is 15.4. The molecule has 0 aromatic carbocycles. The SMILES string of the molecule is CC(C)[Si](O[Si](C)(C)C)(C(C)C)C(C)C. The summed E-state index contributed by atoms with van der Waals surface area (Å²) in [5.41, 5.74) is 2.14. The number of rotatable bonds is 5. The van der Waals surface area contributed by atoms with Crippen LogP contribution in [0.25, 0.3) is 0 Å². The van der Waals surface area contributed by atoms with E-state index >= 15 is 0 Å². The average Bonchev–Trinajstić information content (AvgIpc) is 1.96. The molecule has 0 N–H and O–H groups in total. The molecule has 92 valence electrons. The highest BCUT2D eigenvalue weighted by molar-refractivity contribution is 6.87. The standard InChI is InChI=1S/C12H30OSi2/c1-10(2)15(11(3)4,12(5)6)13-14(7,8)9/h10-12H,1-9H3. The van der Waals surface area contributed by atoms with Gasteiger partial charge < -0.3 is 4.12 Å². The Hall–Kier alpha value is 0.394. The summed E-state index contributed by atoms with van der Waals surface area (Å²) in [6.07, 6.45) is 0. The zero-order valence-corrected chi connectivity index (χ0v) is 14.1. The van der Waals surface area contributed by atoms with Crippen LogP contribution in [0.5, 0.6) is 0 Å². The first-order valence-electron chi connectivity index (χ1n) is 6.24. The summed E-state index contributed by atoms with van der Waals surface area (Å²) in [7, 11) is -3.02. The van der Waals surface area contributed by atoms with Crippen LogP contribution in [0.2, 0.25) is 36.3 Å². The van der Waals surface area contributed by atoms with Crippen molar-refractivity contribution in [3.63, 3.8) is 0 Å². The fraction of sp³-hybridized carbons (Fsp3) is 1.00. The molecule has 0 aromatic heterocycles. The minimum Gasteiger partial charge on any atom is -0.455 e. The van der Waals surface area contributed by atoms with E-state index in [1.165, 1.54) is 0 Å². The van der Waals surface area contributed by atoms with E-state index in [1.54, 1.807) is 0 Å². The molecular weight excluding hydrogens is 216 g/mol. The minimum atomic E-state index is -1.60. The van der Waals surface area contributed by atoms with Gasteiger partial charge in [-0.3, -0.25) is 0 Å². The molecule has 1 nitrogen and oxygen atoms in total. The van der Waals surface area contributed by atoms with Crippen LogP contribution in [-0.2, 0) is 4.12 Å². The molecule has 0 spiro atoms. The molecule has 0 rings (SSSR count). The third kappa shape index (κ3) is 3.72. The van der Waals surface area contributed by atoms with Crippen molar-refractivity contribution in [3.8, 4) is 0 Å². The molecule has 0 unspecified atom stereocenters. The second-order valence-electron chi connectivity index (χ2n) is 6.53. The number of hydrogen-bond acceptors (Lipinski definition) is 1. The molecule has 0 saturated carbocycles. The van der Waals surface area contributed by atoms with Crippen LogP contribution in [0.1, 0.15) is 41.5 Å². The molecule has 0 aromatic rings. The highest BCUT2D eigenvalue weighted by Gasteiger charge is 2.47. The van der Waals surface area contributed by atoms with Gasteiger partial charge in [-0.2, -0.15) is 0 Å². The van der Waals surface area contributed by atoms with Gasteiger partial charge in [0.15, 0.2) is 16.6 Å². The van der Waals surface area contributed by atoms with Crippen LogP contribution in [0.4, 0.5) is 0 Å². The Morgan fingerprint density at radius 3 is 1.00 bits per heavy atom. The van der Waals surface area contributed by atoms with Gasteiger partial charge in [-0.1, -0.05) is 41.5 Å². The van der Waals surface area contributed by atoms with Crippen molar-refractivity contribution >= 4 is 16.6 Å². The molecule has 0 amide bonds. The molecule has 0 fully saturated rings. The second-order valence-corrected chi connectivity index (χ2v) is 16.7. The van der Waals surface area contributed by atoms with E-state index in [0.29, 0.717) is 16.6 Å². The van der Waals surface area contributed by atoms with E-state index in [-0.39, 0.29) is 0 Å². The van der Waals surface area contributed by atoms with E-state index < -0.39 is 16.6 Å². The molecule has 0 aliphatic rings. The summed E-state index contributed by atoms with van der Waals surface area (Å²) in [6.45, 7) is 21.1. The lowest BCUT2D eigenvalue weighted by Gasteiger charge is -2.46. The fourth-order valence-corrected chi connectivity index (χ4v) is 14.0. The van der Waals surface area contributed by atoms with Crippen molar-refractivity contribution in [1.82, 2.24) is 0 Å². The predicted octanol–water partition coefficient (Wildman–Crippen LogP) is 5.01. The Labute approximate surface area is 98.9 Å². The fourth-order valence-electron chi connectivity index (χ4n) is 2.88. The molecule has 3 heteroatoms. The van der Waals surface area contributed by atoms with Crippen molar-refractivity contribution in [3.05, 3.63) is 0 Å². The Kier molecular flexibility index (Phi) is 5.28. The molecule has 0 atom stereocenters. The van der Waals surface area contributed by atoms with Gasteiger partial charge in [-0.05, 0) is 36.3 Å². The average molecular weight is 247 g/mol. The van der Waals surface area contributed by atoms with Crippen LogP contribution in [0, 0.1) is 0 Å². The van der Waals surface area contributed by atoms with Crippen molar-refractivity contribution in [2.24, 2.45) is 0 Å². The largest absolute Gasteiger partial charge is 0.455 e. The Balaban J connectivity index is 5.15. The smallest absolute Gasteiger partial charge is 0.187 e. The Morgan fingerprint density at radius 1 is 0.667 bits per heavy atom. The lowest BCUT2D eigenvalue weighted by atomic mass is 10.5. The normalized spacial score (nSPS) is 14.4. The number of hydrogen-bond donors (Lipinski definition) is 0. The van der Waals surface area contributed by atoms with Crippen LogP contribution < -0.4 is 0 Å². The van der Waals surface area contributed by atoms with E-state index in [9.17, 15) is 0 Å². The zero-order valence-electron chi connectivity index (χ0n) is 12.1. The van der Waals surface area contributed by atoms with E-state index in [0.717, 1.165) is 0 Å². The summed E-state index contributed by atoms with van der Waals surface area (Å²) in [5.74, 6) is 0. The van der Waals surface area contributed by atoms with Gasteiger partial charge >= 0.3 is 0 Å². The highest BCUT2D eigenvalue weighted by Crippen LogP contribution is 2.43. The summed E-state index contributed by atoms with van der Waals surface area (Å²) in [6, 6.07) is 0. The van der Waals surface area contributed by atoms with Crippen LogP contribution in [0.15, 0.2) is 0 Å². The Bertz CT molecular complexity index is 171. The van der Waals surface area contributed by atoms with Gasteiger partial charge in [0.05, 0.1) is 0 Å². The molecule has 15 heavy (non-hydrogen) atoms. The summed E-state index contributed by atoms with van der Waals surface area (Å²) in [4.78, 5) is 0. The monoisotopic (exact) mass is 246 g/mol. The summed E-state index contributed by atoms with van der Waals surface area (Å²) >= 11 is 0. The highest BCUT2D eigenvalue weighted by atomic mass is 28.4. The molecular formula is C12H30OSi2. The van der Waals surface area contributed by atoms with Crippen molar-refractivity contribution in [1.29, 1.82) is 0 Å². The van der Waals surface area contributed by atoms with Crippen molar-refractivity contribution < 1.29 is 4.12 Å². The van der Waals surface area contributed by atoms with Gasteiger partial charge in [0.25, 0.3) is 0 Å². The van der Waals surface area contributed by atoms with E-state index in [4.69, 9.17) is 4.12 Å². The molecule has 0 saturated heterocycles. The van der Waals surface area contributed by atoms with Gasteiger partial charge in [0.2, 0.25) is 0 Å². The molecule has 0 radical (unpaired) electrons. The van der Waals surface area contributed by atoms with Crippen LogP contribution >= 0.6 is 0 Å². The van der Waals surface area contributed by atoms with E-state index in [2.05, 4.69) is 61.2 Å². The maximum atomic E-state index is 6.69. The van der Waals surface area contributed by atoms with Crippen molar-refractivity contribution in [2.45, 2.75) is 77.8 Å². The summed E-state index contributed by atoms with van der Waals surface area (Å²) in [5, 5.41) is 0. The van der Waals surface area contributed by atoms with Crippen LogP contribution in [0.3, 0.4) is 0 Å². The zero-order chi connectivity index (χ0) is 12.4. The molecule has 0 bridgehead atoms. The third-order valence-corrected chi connectivity index (χ3v) is 12.5. The summed E-state index contributed by atoms with van der Waals surface area (Å²) < 4.78 is 6.69. The second kappa shape index (κ2) is 5.15. The lowest BCUT2D eigenvalue weighted by molar-refractivity contribution is 0.478. The quantitative estimate of drug-likeness (QED) is 0.619. The predicted molar refractivity (Wildman–Crippen MR) is 75.5 cm³/mol. The Morgan fingerprint density at radius 2 is 0.933 bits per heavy atom. The molecule has 0 heterocycles. The van der Waals surface area contributed by atoms with Crippen LogP contribution in [-0.4, -0.2) is 16.6 Å². The third-order valence-electron chi connectivity index (χ3n) is 3.19. The minimum absolute atomic E-state index is 0.712. The van der Waals surface area contributed by atoms with Gasteiger partial charge in [0.1, 0.15) is 0 Å². The topological polar surface area (TPSA) is 9.23 Å². The maximum absolute atomic E-state index is 6.69. The van der Waals surface area contributed by atoms with Gasteiger partial charge in [-0.25, -0.2) is 0 Å². The van der Waals surface area contributed by atoms with Gasteiger partial charge in [0, 0.05) is 0 Å². The maximum Gasteiger partial charge on any atom is 0.187 e. The van der Waals surface area contributed by atoms with Crippen molar-refractivity contribution in [2.75, 3.05) is 0 Å². The first-order valence-corrected chi connectivity index (χ1v) is 11.8. The molecule has 0 aliphatic carbocycles. The first-order chi connectivity index (χ1) is 6.54. The lowest BCUT2D eigenvalue weighted by Crippen LogP contribution is -2.53. The van der Waals surface area contributed by atoms with E-state index in [1.807, 2.05) is 0 Å². The molecule has 0 aliphatic heterocycles. The van der Waals surface area contributed by atoms with Gasteiger partial charge in [-0.15, -0.1) is 0 Å².